The van der Waals surface area contributed by atoms with E-state index in [1.807, 2.05) is 47.1 Å². The molecule has 0 radical (unpaired) electrons. The van der Waals surface area contributed by atoms with E-state index in [2.05, 4.69) is 27.9 Å². The van der Waals surface area contributed by atoms with Gasteiger partial charge in [0.15, 0.2) is 5.82 Å². The lowest BCUT2D eigenvalue weighted by molar-refractivity contribution is -0.116. The Morgan fingerprint density at radius 1 is 1.13 bits per heavy atom. The number of carbonyl (C=O) groups excluding carboxylic acids is 1. The Balaban J connectivity index is 1.65. The van der Waals surface area contributed by atoms with Crippen molar-refractivity contribution in [3.05, 3.63) is 59.9 Å². The van der Waals surface area contributed by atoms with Gasteiger partial charge >= 0.3 is 0 Å². The molecule has 0 spiro atoms. The van der Waals surface area contributed by atoms with Crippen LogP contribution in [0.4, 0.5) is 5.69 Å². The van der Waals surface area contributed by atoms with Crippen LogP contribution in [0.1, 0.15) is 30.8 Å². The number of ether oxygens (including phenoxy) is 2. The predicted molar refractivity (Wildman–Crippen MR) is 120 cm³/mol. The number of hydrogen-bond donors (Lipinski definition) is 2. The molecule has 0 unspecified atom stereocenters. The van der Waals surface area contributed by atoms with Crippen molar-refractivity contribution in [1.29, 1.82) is 0 Å². The topological polar surface area (TPSA) is 90.3 Å². The lowest BCUT2D eigenvalue weighted by Crippen LogP contribution is -2.41. The number of nitrogens with one attached hydrogen (secondary N) is 2. The normalized spacial score (nSPS) is 17.4. The van der Waals surface area contributed by atoms with Crippen LogP contribution < -0.4 is 20.2 Å². The molecule has 8 nitrogen and oxygen atoms in total. The first kappa shape index (κ1) is 21.0. The van der Waals surface area contributed by atoms with Gasteiger partial charge in [-0.15, -0.1) is 10.2 Å². The van der Waals surface area contributed by atoms with Crippen LogP contribution in [0, 0.1) is 0 Å². The molecule has 0 saturated carbocycles. The van der Waals surface area contributed by atoms with Gasteiger partial charge in [-0.1, -0.05) is 36.9 Å². The lowest BCUT2D eigenvalue weighted by Gasteiger charge is -2.33. The molecule has 0 aliphatic carbocycles. The van der Waals surface area contributed by atoms with Gasteiger partial charge in [-0.2, -0.15) is 0 Å². The summed E-state index contributed by atoms with van der Waals surface area (Å²) >= 11 is 1.41. The van der Waals surface area contributed by atoms with Gasteiger partial charge in [0.25, 0.3) is 0 Å². The minimum atomic E-state index is -0.453. The molecule has 0 fully saturated rings. The highest BCUT2D eigenvalue weighted by molar-refractivity contribution is 8.00. The number of nitrogens with zero attached hydrogens (tertiary/aromatic N) is 3. The summed E-state index contributed by atoms with van der Waals surface area (Å²) < 4.78 is 12.4. The van der Waals surface area contributed by atoms with E-state index in [9.17, 15) is 4.79 Å². The molecule has 2 aromatic carbocycles. The standard InChI is InChI=1S/C22H25N5O3S/c1-4-6-18-24-25-22-27(18)26-19(14-9-11-16(29-2)12-10-14)20(31-22)21(28)23-15-7-5-8-17(13-15)30-3/h5,7-13,19-20,26H,4,6H2,1-3H3,(H,23,28)/t19-,20+/m1/s1. The first-order valence-electron chi connectivity index (χ1n) is 10.1. The van der Waals surface area contributed by atoms with Gasteiger partial charge < -0.3 is 20.2 Å². The van der Waals surface area contributed by atoms with Gasteiger partial charge in [-0.05, 0) is 36.2 Å². The van der Waals surface area contributed by atoms with Gasteiger partial charge in [0.05, 0.1) is 20.3 Å². The van der Waals surface area contributed by atoms with E-state index < -0.39 is 5.25 Å². The third-order valence-corrected chi connectivity index (χ3v) is 6.26. The van der Waals surface area contributed by atoms with Crippen LogP contribution in [0.5, 0.6) is 11.5 Å². The molecule has 1 aromatic heterocycles. The Morgan fingerprint density at radius 2 is 1.90 bits per heavy atom. The van der Waals surface area contributed by atoms with Crippen molar-refractivity contribution in [2.45, 2.75) is 36.2 Å². The van der Waals surface area contributed by atoms with Crippen molar-refractivity contribution >= 4 is 23.4 Å². The highest BCUT2D eigenvalue weighted by atomic mass is 32.2. The summed E-state index contributed by atoms with van der Waals surface area (Å²) in [6.07, 6.45) is 1.76. The molecule has 4 rings (SSSR count). The second-order valence-electron chi connectivity index (χ2n) is 7.12. The Kier molecular flexibility index (Phi) is 6.31. The number of thioether (sulfide) groups is 1. The highest BCUT2D eigenvalue weighted by Crippen LogP contribution is 2.38. The van der Waals surface area contributed by atoms with Crippen LogP contribution in [0.2, 0.25) is 0 Å². The van der Waals surface area contributed by atoms with E-state index in [4.69, 9.17) is 9.47 Å². The Hall–Kier alpha value is -3.20. The molecule has 31 heavy (non-hydrogen) atoms. The summed E-state index contributed by atoms with van der Waals surface area (Å²) in [7, 11) is 3.23. The molecule has 1 aliphatic heterocycles. The van der Waals surface area contributed by atoms with E-state index >= 15 is 0 Å². The molecule has 0 bridgehead atoms. The lowest BCUT2D eigenvalue weighted by atomic mass is 10.0. The molecule has 162 valence electrons. The zero-order valence-corrected chi connectivity index (χ0v) is 18.5. The molecule has 0 saturated heterocycles. The van der Waals surface area contributed by atoms with Crippen LogP contribution in [0.3, 0.4) is 0 Å². The van der Waals surface area contributed by atoms with E-state index in [1.165, 1.54) is 11.8 Å². The molecule has 2 heterocycles. The molecule has 1 amide bonds. The second kappa shape index (κ2) is 9.30. The maximum atomic E-state index is 13.3. The largest absolute Gasteiger partial charge is 0.497 e. The minimum Gasteiger partial charge on any atom is -0.497 e. The third-order valence-electron chi connectivity index (χ3n) is 5.05. The summed E-state index contributed by atoms with van der Waals surface area (Å²) in [4.78, 5) is 13.3. The zero-order chi connectivity index (χ0) is 21.8. The number of aromatic nitrogens is 3. The fraction of sp³-hybridized carbons (Fsp3) is 0.318. The average molecular weight is 440 g/mol. The summed E-state index contributed by atoms with van der Waals surface area (Å²) in [5, 5.41) is 11.8. The SMILES string of the molecule is CCCc1nnc2n1N[C@H](c1ccc(OC)cc1)[C@@H](C(=O)Nc1cccc(OC)c1)S2. The minimum absolute atomic E-state index is 0.127. The van der Waals surface area contributed by atoms with E-state index in [0.717, 1.165) is 30.0 Å². The zero-order valence-electron chi connectivity index (χ0n) is 17.7. The van der Waals surface area contributed by atoms with Crippen molar-refractivity contribution in [1.82, 2.24) is 14.9 Å². The molecule has 9 heteroatoms. The number of aryl methyl sites for hydroxylation is 1. The van der Waals surface area contributed by atoms with Crippen molar-refractivity contribution in [3.8, 4) is 11.5 Å². The molecule has 1 aliphatic rings. The maximum Gasteiger partial charge on any atom is 0.240 e. The average Bonchev–Trinajstić information content (AvgIpc) is 3.20. The first-order chi connectivity index (χ1) is 15.1. The number of amides is 1. The third kappa shape index (κ3) is 4.46. The Morgan fingerprint density at radius 3 is 2.61 bits per heavy atom. The molecular weight excluding hydrogens is 414 g/mol. The fourth-order valence-electron chi connectivity index (χ4n) is 3.46. The maximum absolute atomic E-state index is 13.3. The monoisotopic (exact) mass is 439 g/mol. The number of rotatable bonds is 7. The van der Waals surface area contributed by atoms with Crippen molar-refractivity contribution in [2.24, 2.45) is 0 Å². The van der Waals surface area contributed by atoms with Gasteiger partial charge in [-0.25, -0.2) is 4.68 Å². The number of benzene rings is 2. The van der Waals surface area contributed by atoms with Gasteiger partial charge in [0, 0.05) is 18.2 Å². The summed E-state index contributed by atoms with van der Waals surface area (Å²) in [6, 6.07) is 14.8. The fourth-order valence-corrected chi connectivity index (χ4v) is 4.56. The number of methoxy groups -OCH3 is 2. The number of anilines is 1. The summed E-state index contributed by atoms with van der Waals surface area (Å²) in [5.41, 5.74) is 5.12. The summed E-state index contributed by atoms with van der Waals surface area (Å²) in [5.74, 6) is 2.18. The number of fused-ring (bicyclic) bond motifs is 1. The quantitative estimate of drug-likeness (QED) is 0.581. The van der Waals surface area contributed by atoms with Gasteiger partial charge in [-0.3, -0.25) is 4.79 Å². The summed E-state index contributed by atoms with van der Waals surface area (Å²) in [6.45, 7) is 2.10. The molecule has 2 N–H and O–H groups in total. The van der Waals surface area contributed by atoms with E-state index in [0.29, 0.717) is 16.6 Å². The number of hydrogen-bond acceptors (Lipinski definition) is 7. The first-order valence-corrected chi connectivity index (χ1v) is 11.0. The predicted octanol–water partition coefficient (Wildman–Crippen LogP) is 3.65. The second-order valence-corrected chi connectivity index (χ2v) is 8.23. The smallest absolute Gasteiger partial charge is 0.240 e. The van der Waals surface area contributed by atoms with Crippen molar-refractivity contribution < 1.29 is 14.3 Å². The van der Waals surface area contributed by atoms with Crippen LogP contribution in [0.15, 0.2) is 53.7 Å². The van der Waals surface area contributed by atoms with Crippen LogP contribution >= 0.6 is 11.8 Å². The van der Waals surface area contributed by atoms with E-state index in [-0.39, 0.29) is 11.9 Å². The molecule has 2 atom stereocenters. The van der Waals surface area contributed by atoms with Gasteiger partial charge in [0.2, 0.25) is 11.1 Å². The molecule has 3 aromatic rings. The Bertz CT molecular complexity index is 1050. The number of carbonyl (C=O) groups is 1. The van der Waals surface area contributed by atoms with E-state index in [1.54, 1.807) is 20.3 Å². The van der Waals surface area contributed by atoms with Crippen LogP contribution in [-0.2, 0) is 11.2 Å². The molecular formula is C22H25N5O3S. The van der Waals surface area contributed by atoms with Crippen molar-refractivity contribution in [2.75, 3.05) is 25.0 Å². The van der Waals surface area contributed by atoms with Crippen molar-refractivity contribution in [3.63, 3.8) is 0 Å². The van der Waals surface area contributed by atoms with Gasteiger partial charge in [0.1, 0.15) is 16.7 Å². The Labute approximate surface area is 185 Å². The highest BCUT2D eigenvalue weighted by Gasteiger charge is 2.37. The van der Waals surface area contributed by atoms with Crippen LogP contribution in [-0.4, -0.2) is 40.3 Å². The van der Waals surface area contributed by atoms with Crippen LogP contribution in [0.25, 0.3) is 0 Å².